The Balaban J connectivity index is 2.48. The van der Waals surface area contributed by atoms with Crippen molar-refractivity contribution in [2.24, 2.45) is 0 Å². The van der Waals surface area contributed by atoms with Crippen LogP contribution in [-0.4, -0.2) is 98.3 Å². The number of hydrogen-bond donors (Lipinski definition) is 6. The maximum absolute atomic E-state index is 12.8. The van der Waals surface area contributed by atoms with Crippen LogP contribution in [0.2, 0.25) is 0 Å². The second kappa shape index (κ2) is 37.2. The number of aliphatic hydroxyl groups is 5. The summed E-state index contributed by atoms with van der Waals surface area (Å²) in [5, 5.41) is 50.1. The third kappa shape index (κ3) is 29.7. The Morgan fingerprint density at radius 3 is 1.39 bits per heavy atom. The van der Waals surface area contributed by atoms with E-state index < -0.39 is 75.7 Å². The van der Waals surface area contributed by atoms with Gasteiger partial charge in [-0.1, -0.05) is 140 Å². The number of rotatable bonds is 38. The number of unbranched alkanes of at least 4 members (excludes halogenated alkanes) is 18. The van der Waals surface area contributed by atoms with Gasteiger partial charge >= 0.3 is 19.8 Å². The molecule has 1 aliphatic rings. The number of ether oxygens (including phenoxy) is 2. The maximum Gasteiger partial charge on any atom is 0.472 e. The number of hydrogen-bond acceptors (Lipinski definition) is 12. The highest BCUT2D eigenvalue weighted by atomic mass is 31.2. The van der Waals surface area contributed by atoms with Crippen LogP contribution in [0.1, 0.15) is 181 Å². The molecule has 0 saturated heterocycles. The smallest absolute Gasteiger partial charge is 0.462 e. The van der Waals surface area contributed by atoms with Crippen molar-refractivity contribution >= 4 is 19.8 Å². The second-order valence-corrected chi connectivity index (χ2v) is 17.7. The molecular weight excluding hydrogens is 803 g/mol. The quantitative estimate of drug-likeness (QED) is 0.0148. The zero-order chi connectivity index (χ0) is 45.0. The van der Waals surface area contributed by atoms with Crippen molar-refractivity contribution in [2.75, 3.05) is 13.2 Å². The summed E-state index contributed by atoms with van der Waals surface area (Å²) in [4.78, 5) is 35.7. The number of aliphatic hydroxyl groups excluding tert-OH is 5. The number of phosphoric ester groups is 1. The highest BCUT2D eigenvalue weighted by Gasteiger charge is 2.51. The predicted molar refractivity (Wildman–Crippen MR) is 239 cm³/mol. The van der Waals surface area contributed by atoms with Crippen molar-refractivity contribution in [3.8, 4) is 0 Å². The molecule has 8 atom stereocenters. The van der Waals surface area contributed by atoms with Crippen LogP contribution >= 0.6 is 7.82 Å². The Bertz CT molecular complexity index is 1250. The highest BCUT2D eigenvalue weighted by molar-refractivity contribution is 7.47. The Hall–Kier alpha value is -2.19. The van der Waals surface area contributed by atoms with Crippen LogP contribution in [-0.2, 0) is 32.7 Å². The van der Waals surface area contributed by atoms with E-state index in [-0.39, 0.29) is 12.8 Å². The SMILES string of the molecule is CCCCC/C=C\C/C=C\C/C=C\CCCCCCC(=O)OC[C@H](COP(=O)(O)OC1C(O)C(O)C(O)[C@@H](O)C1O)OC(=O)CCCCCCCCC/C=C\CCCCCC. The lowest BCUT2D eigenvalue weighted by molar-refractivity contribution is -0.220. The Morgan fingerprint density at radius 1 is 0.508 bits per heavy atom. The summed E-state index contributed by atoms with van der Waals surface area (Å²) in [5.41, 5.74) is 0. The number of phosphoric acid groups is 1. The van der Waals surface area contributed by atoms with Crippen LogP contribution in [0.25, 0.3) is 0 Å². The monoisotopic (exact) mass is 887 g/mol. The van der Waals surface area contributed by atoms with Gasteiger partial charge < -0.3 is 39.9 Å². The van der Waals surface area contributed by atoms with Crippen molar-refractivity contribution in [3.63, 3.8) is 0 Å². The lowest BCUT2D eigenvalue weighted by Crippen LogP contribution is -2.64. The zero-order valence-corrected chi connectivity index (χ0v) is 38.3. The van der Waals surface area contributed by atoms with Gasteiger partial charge in [-0.15, -0.1) is 0 Å². The molecule has 6 N–H and O–H groups in total. The summed E-state index contributed by atoms with van der Waals surface area (Å²) in [5.74, 6) is -1.13. The normalized spacial score (nSPS) is 22.4. The van der Waals surface area contributed by atoms with Crippen LogP contribution in [0, 0.1) is 0 Å². The number of carbonyl (C=O) groups is 2. The van der Waals surface area contributed by atoms with E-state index in [9.17, 15) is 44.6 Å². The standard InChI is InChI=1S/C47H83O13P/c1-3-5-7-9-11-13-15-17-19-20-22-23-25-27-29-31-33-35-40(48)57-37-39(38-58-61(55,56)60-47-45(53)43(51)42(50)44(52)46(47)54)59-41(49)36-34-32-30-28-26-24-21-18-16-14-12-10-8-6-4-2/h11,13-14,16-17,19,22-23,39,42-47,50-54H,3-10,12,15,18,20-21,24-38H2,1-2H3,(H,55,56)/b13-11-,16-14-,19-17-,23-22-/t39-,42?,43-,44?,45?,46?,47?/m1/s1. The summed E-state index contributed by atoms with van der Waals surface area (Å²) in [6, 6.07) is 0. The van der Waals surface area contributed by atoms with Crippen molar-refractivity contribution in [2.45, 2.75) is 224 Å². The summed E-state index contributed by atoms with van der Waals surface area (Å²) in [6.45, 7) is 3.23. The van der Waals surface area contributed by atoms with Gasteiger partial charge in [-0.05, 0) is 77.0 Å². The fourth-order valence-corrected chi connectivity index (χ4v) is 7.79. The van der Waals surface area contributed by atoms with Crippen LogP contribution < -0.4 is 0 Å². The van der Waals surface area contributed by atoms with E-state index in [4.69, 9.17) is 18.5 Å². The van der Waals surface area contributed by atoms with Gasteiger partial charge in [0.15, 0.2) is 6.10 Å². The van der Waals surface area contributed by atoms with Gasteiger partial charge in [0.1, 0.15) is 43.2 Å². The topological polar surface area (TPSA) is 210 Å². The average molecular weight is 887 g/mol. The van der Waals surface area contributed by atoms with Crippen LogP contribution in [0.5, 0.6) is 0 Å². The molecule has 0 heterocycles. The van der Waals surface area contributed by atoms with Crippen molar-refractivity contribution in [1.29, 1.82) is 0 Å². The molecule has 0 aromatic heterocycles. The second-order valence-electron chi connectivity index (χ2n) is 16.3. The summed E-state index contributed by atoms with van der Waals surface area (Å²) >= 11 is 0. The van der Waals surface area contributed by atoms with E-state index in [0.29, 0.717) is 12.8 Å². The molecule has 61 heavy (non-hydrogen) atoms. The van der Waals surface area contributed by atoms with Crippen molar-refractivity contribution < 1.29 is 63.1 Å². The van der Waals surface area contributed by atoms with E-state index in [1.807, 2.05) is 0 Å². The summed E-state index contributed by atoms with van der Waals surface area (Å²) in [7, 11) is -5.12. The highest BCUT2D eigenvalue weighted by Crippen LogP contribution is 2.47. The number of carbonyl (C=O) groups excluding carboxylic acids is 2. The van der Waals surface area contributed by atoms with Gasteiger partial charge in [0.25, 0.3) is 0 Å². The van der Waals surface area contributed by atoms with Crippen LogP contribution in [0.3, 0.4) is 0 Å². The average Bonchev–Trinajstić information content (AvgIpc) is 3.24. The molecule has 1 rings (SSSR count). The van der Waals surface area contributed by atoms with Crippen molar-refractivity contribution in [3.05, 3.63) is 48.6 Å². The maximum atomic E-state index is 12.8. The Morgan fingerprint density at radius 2 is 0.885 bits per heavy atom. The van der Waals surface area contributed by atoms with Gasteiger partial charge in [-0.2, -0.15) is 0 Å². The van der Waals surface area contributed by atoms with E-state index >= 15 is 0 Å². The molecular formula is C47H83O13P. The molecule has 13 nitrogen and oxygen atoms in total. The fraction of sp³-hybridized carbons (Fsp3) is 0.787. The van der Waals surface area contributed by atoms with E-state index in [1.165, 1.54) is 51.4 Å². The molecule has 0 spiro atoms. The summed E-state index contributed by atoms with van der Waals surface area (Å²) < 4.78 is 33.5. The van der Waals surface area contributed by atoms with Gasteiger partial charge in [-0.3, -0.25) is 18.6 Å². The third-order valence-corrected chi connectivity index (χ3v) is 11.6. The van der Waals surface area contributed by atoms with Gasteiger partial charge in [0, 0.05) is 12.8 Å². The fourth-order valence-electron chi connectivity index (χ4n) is 6.82. The Kier molecular flexibility index (Phi) is 34.7. The van der Waals surface area contributed by atoms with Crippen LogP contribution in [0.15, 0.2) is 48.6 Å². The lowest BCUT2D eigenvalue weighted by Gasteiger charge is -2.41. The van der Waals surface area contributed by atoms with E-state index in [2.05, 4.69) is 62.5 Å². The number of allylic oxidation sites excluding steroid dienone is 8. The van der Waals surface area contributed by atoms with E-state index in [1.54, 1.807) is 0 Å². The molecule has 0 radical (unpaired) electrons. The van der Waals surface area contributed by atoms with Crippen LogP contribution in [0.4, 0.5) is 0 Å². The molecule has 14 heteroatoms. The van der Waals surface area contributed by atoms with Crippen molar-refractivity contribution in [1.82, 2.24) is 0 Å². The minimum atomic E-state index is -5.12. The van der Waals surface area contributed by atoms with Gasteiger partial charge in [0.2, 0.25) is 0 Å². The first-order chi connectivity index (χ1) is 29.4. The van der Waals surface area contributed by atoms with E-state index in [0.717, 1.165) is 89.9 Å². The molecule has 1 aliphatic carbocycles. The molecule has 0 aromatic carbocycles. The molecule has 0 bridgehead atoms. The first-order valence-corrected chi connectivity index (χ1v) is 24.9. The first kappa shape index (κ1) is 56.8. The van der Waals surface area contributed by atoms with Gasteiger partial charge in [-0.25, -0.2) is 4.57 Å². The molecule has 0 aliphatic heterocycles. The molecule has 1 fully saturated rings. The molecule has 6 unspecified atom stereocenters. The minimum absolute atomic E-state index is 0.0854. The predicted octanol–water partition coefficient (Wildman–Crippen LogP) is 9.17. The molecule has 0 amide bonds. The van der Waals surface area contributed by atoms with Gasteiger partial charge in [0.05, 0.1) is 6.61 Å². The molecule has 0 aromatic rings. The molecule has 1 saturated carbocycles. The minimum Gasteiger partial charge on any atom is -0.462 e. The Labute approximate surface area is 367 Å². The lowest BCUT2D eigenvalue weighted by atomic mass is 9.85. The molecule has 354 valence electrons. The summed E-state index contributed by atoms with van der Waals surface area (Å²) in [6.07, 6.45) is 30.1. The largest absolute Gasteiger partial charge is 0.472 e. The third-order valence-electron chi connectivity index (χ3n) is 10.6. The number of esters is 2. The zero-order valence-electron chi connectivity index (χ0n) is 37.4. The first-order valence-electron chi connectivity index (χ1n) is 23.4.